The van der Waals surface area contributed by atoms with Gasteiger partial charge in [0, 0.05) is 0 Å². The quantitative estimate of drug-likeness (QED) is 0.673. The molecule has 0 aromatic carbocycles. The molecule has 0 spiro atoms. The van der Waals surface area contributed by atoms with E-state index in [9.17, 15) is 9.59 Å². The number of aryl methyl sites for hydroxylation is 1. The molecule has 0 unspecified atom stereocenters. The first-order chi connectivity index (χ1) is 9.29. The number of nitrogens with one attached hydrogen (secondary N) is 1. The summed E-state index contributed by atoms with van der Waals surface area (Å²) in [5.74, 6) is 2.03. The highest BCUT2D eigenvalue weighted by Crippen LogP contribution is 2.16. The third-order valence-electron chi connectivity index (χ3n) is 1.98. The zero-order valence-electron chi connectivity index (χ0n) is 11.9. The molecule has 0 aliphatic rings. The molecule has 1 heterocycles. The lowest BCUT2D eigenvalue weighted by Gasteiger charge is -2.18. The number of rotatable bonds is 2. The van der Waals surface area contributed by atoms with Crippen molar-refractivity contribution in [3.05, 3.63) is 21.9 Å². The monoisotopic (exact) mass is 295 g/mol. The Hall–Kier alpha value is -2.00. The van der Waals surface area contributed by atoms with Crippen molar-refractivity contribution in [1.29, 1.82) is 0 Å². The van der Waals surface area contributed by atoms with E-state index in [1.54, 1.807) is 20.8 Å². The molecule has 0 aliphatic heterocycles. The van der Waals surface area contributed by atoms with Crippen molar-refractivity contribution in [2.45, 2.75) is 33.3 Å². The maximum absolute atomic E-state index is 11.6. The van der Waals surface area contributed by atoms with Gasteiger partial charge in [-0.3, -0.25) is 0 Å². The van der Waals surface area contributed by atoms with Gasteiger partial charge in [0.25, 0.3) is 0 Å². The van der Waals surface area contributed by atoms with Crippen LogP contribution in [0, 0.1) is 19.0 Å². The van der Waals surface area contributed by atoms with Crippen molar-refractivity contribution in [3.63, 3.8) is 0 Å². The zero-order chi connectivity index (χ0) is 15.2. The fourth-order valence-electron chi connectivity index (χ4n) is 1.18. The Morgan fingerprint density at radius 1 is 1.40 bits per heavy atom. The van der Waals surface area contributed by atoms with E-state index in [4.69, 9.17) is 9.47 Å². The second-order valence-electron chi connectivity index (χ2n) is 4.96. The summed E-state index contributed by atoms with van der Waals surface area (Å²) in [6.07, 6.45) is 1.69. The van der Waals surface area contributed by atoms with Crippen LogP contribution in [0.2, 0.25) is 0 Å². The van der Waals surface area contributed by atoms with Gasteiger partial charge in [-0.25, -0.2) is 9.59 Å². The van der Waals surface area contributed by atoms with Crippen LogP contribution >= 0.6 is 11.3 Å². The number of esters is 1. The van der Waals surface area contributed by atoms with E-state index in [0.29, 0.717) is 4.88 Å². The van der Waals surface area contributed by atoms with Crippen LogP contribution in [-0.4, -0.2) is 24.2 Å². The summed E-state index contributed by atoms with van der Waals surface area (Å²) in [7, 11) is 0. The van der Waals surface area contributed by atoms with Crippen LogP contribution in [0.25, 0.3) is 0 Å². The molecule has 1 N–H and O–H groups in total. The van der Waals surface area contributed by atoms with Gasteiger partial charge < -0.3 is 14.8 Å². The maximum atomic E-state index is 11.6. The first kappa shape index (κ1) is 16.1. The summed E-state index contributed by atoms with van der Waals surface area (Å²) in [5, 5.41) is 4.24. The molecule has 0 saturated heterocycles. The molecule has 20 heavy (non-hydrogen) atoms. The Labute approximate surface area is 122 Å². The van der Waals surface area contributed by atoms with E-state index in [-0.39, 0.29) is 6.54 Å². The van der Waals surface area contributed by atoms with Gasteiger partial charge in [-0.15, -0.1) is 11.3 Å². The van der Waals surface area contributed by atoms with E-state index in [0.717, 1.165) is 5.56 Å². The van der Waals surface area contributed by atoms with Crippen molar-refractivity contribution in [3.8, 4) is 12.0 Å². The first-order valence-electron chi connectivity index (χ1n) is 5.99. The Morgan fingerprint density at radius 3 is 2.65 bits per heavy atom. The molecule has 6 heteroatoms. The topological polar surface area (TPSA) is 64.6 Å². The number of ether oxygens (including phenoxy) is 2. The number of carbonyl (C=O) groups excluding carboxylic acids is 2. The van der Waals surface area contributed by atoms with Crippen molar-refractivity contribution < 1.29 is 19.1 Å². The first-order valence-corrected chi connectivity index (χ1v) is 6.87. The highest BCUT2D eigenvalue weighted by molar-refractivity contribution is 7.12. The summed E-state index contributed by atoms with van der Waals surface area (Å²) in [5.41, 5.74) is 0.300. The number of amides is 1. The minimum Gasteiger partial charge on any atom is -0.444 e. The molecule has 1 aromatic heterocycles. The minimum absolute atomic E-state index is 0.0472. The Bertz CT molecular complexity index is 546. The third-order valence-corrected chi connectivity index (χ3v) is 2.98. The van der Waals surface area contributed by atoms with Crippen molar-refractivity contribution in [2.24, 2.45) is 0 Å². The van der Waals surface area contributed by atoms with E-state index < -0.39 is 17.7 Å². The van der Waals surface area contributed by atoms with Crippen molar-refractivity contribution in [2.75, 3.05) is 6.54 Å². The van der Waals surface area contributed by atoms with Crippen LogP contribution in [-0.2, 0) is 9.47 Å². The molecule has 108 valence electrons. The summed E-state index contributed by atoms with van der Waals surface area (Å²) < 4.78 is 9.78. The Balaban J connectivity index is 2.32. The average Bonchev–Trinajstić information content (AvgIpc) is 2.72. The fourth-order valence-corrected chi connectivity index (χ4v) is 1.98. The van der Waals surface area contributed by atoms with Gasteiger partial charge in [0.15, 0.2) is 0 Å². The molecule has 0 radical (unpaired) electrons. The van der Waals surface area contributed by atoms with E-state index >= 15 is 0 Å². The molecule has 0 saturated carbocycles. The van der Waals surface area contributed by atoms with E-state index in [2.05, 4.69) is 17.3 Å². The molecule has 1 rings (SSSR count). The number of hydrogen-bond donors (Lipinski definition) is 1. The lowest BCUT2D eigenvalue weighted by molar-refractivity contribution is 0.0535. The minimum atomic E-state index is -0.563. The lowest BCUT2D eigenvalue weighted by atomic mass is 10.2. The van der Waals surface area contributed by atoms with Gasteiger partial charge in [0.1, 0.15) is 16.6 Å². The molecular formula is C14H17NO4S. The Morgan fingerprint density at radius 2 is 2.10 bits per heavy atom. The molecule has 0 aliphatic carbocycles. The van der Waals surface area contributed by atoms with Crippen LogP contribution in [0.15, 0.2) is 11.4 Å². The number of carbonyl (C=O) groups is 2. The summed E-state index contributed by atoms with van der Waals surface area (Å²) in [6.45, 7) is 7.17. The van der Waals surface area contributed by atoms with Gasteiger partial charge in [-0.1, -0.05) is 0 Å². The summed E-state index contributed by atoms with van der Waals surface area (Å²) in [6, 6.07) is 1.83. The molecule has 1 amide bonds. The van der Waals surface area contributed by atoms with Crippen LogP contribution in [0.1, 0.15) is 36.0 Å². The van der Waals surface area contributed by atoms with Gasteiger partial charge in [-0.2, -0.15) is 0 Å². The number of hydrogen-bond acceptors (Lipinski definition) is 5. The molecule has 0 fully saturated rings. The smallest absolute Gasteiger partial charge is 0.408 e. The molecule has 0 bridgehead atoms. The van der Waals surface area contributed by atoms with Crippen molar-refractivity contribution >= 4 is 23.4 Å². The predicted molar refractivity (Wildman–Crippen MR) is 76.5 cm³/mol. The third kappa shape index (κ3) is 5.76. The number of alkyl carbamates (subject to hydrolysis) is 1. The highest BCUT2D eigenvalue weighted by atomic mass is 32.1. The molecule has 1 aromatic rings. The van der Waals surface area contributed by atoms with E-state index in [1.165, 1.54) is 11.3 Å². The number of thiophene rings is 1. The van der Waals surface area contributed by atoms with Gasteiger partial charge in [-0.05, 0) is 50.6 Å². The molecule has 5 nitrogen and oxygen atoms in total. The summed E-state index contributed by atoms with van der Waals surface area (Å²) >= 11 is 1.30. The largest absolute Gasteiger partial charge is 0.444 e. The van der Waals surface area contributed by atoms with Crippen molar-refractivity contribution in [1.82, 2.24) is 5.32 Å². The standard InChI is InChI=1S/C14H17NO4S/c1-10-6-9-20-11(10)12(16)18-8-5-7-15-13(17)19-14(2,3)4/h6,9H,7H2,1-4H3,(H,15,17). The van der Waals surface area contributed by atoms with Gasteiger partial charge >= 0.3 is 12.1 Å². The van der Waals surface area contributed by atoms with Crippen LogP contribution in [0.4, 0.5) is 4.79 Å². The van der Waals surface area contributed by atoms with Crippen LogP contribution in [0.3, 0.4) is 0 Å². The normalized spacial score (nSPS) is 10.2. The van der Waals surface area contributed by atoms with Crippen LogP contribution < -0.4 is 5.32 Å². The lowest BCUT2D eigenvalue weighted by Crippen LogP contribution is -2.32. The molecule has 0 atom stereocenters. The maximum Gasteiger partial charge on any atom is 0.408 e. The second kappa shape index (κ2) is 6.96. The average molecular weight is 295 g/mol. The van der Waals surface area contributed by atoms with E-state index in [1.807, 2.05) is 18.4 Å². The highest BCUT2D eigenvalue weighted by Gasteiger charge is 2.15. The van der Waals surface area contributed by atoms with Gasteiger partial charge in [0.2, 0.25) is 0 Å². The fraction of sp³-hybridized carbons (Fsp3) is 0.429. The second-order valence-corrected chi connectivity index (χ2v) is 5.87. The van der Waals surface area contributed by atoms with Crippen LogP contribution in [0.5, 0.6) is 0 Å². The van der Waals surface area contributed by atoms with Gasteiger partial charge in [0.05, 0.1) is 6.54 Å². The summed E-state index contributed by atoms with van der Waals surface area (Å²) in [4.78, 5) is 23.4. The predicted octanol–water partition coefficient (Wildman–Crippen LogP) is 2.70. The zero-order valence-corrected chi connectivity index (χ0v) is 12.7. The Kier molecular flexibility index (Phi) is 5.59. The SMILES string of the molecule is Cc1ccsc1C(=O)OC#CCNC(=O)OC(C)(C)C. The molecular weight excluding hydrogens is 278 g/mol.